The summed E-state index contributed by atoms with van der Waals surface area (Å²) in [5.41, 5.74) is 1.68. The van der Waals surface area contributed by atoms with Crippen LogP contribution in [0.3, 0.4) is 0 Å². The highest BCUT2D eigenvalue weighted by molar-refractivity contribution is 6.17. The number of aromatic nitrogens is 1. The molecule has 9 heteroatoms. The van der Waals surface area contributed by atoms with Crippen molar-refractivity contribution in [2.24, 2.45) is 11.8 Å². The lowest BCUT2D eigenvalue weighted by atomic mass is 9.83. The molecule has 0 saturated carbocycles. The van der Waals surface area contributed by atoms with E-state index in [2.05, 4.69) is 20.9 Å². The van der Waals surface area contributed by atoms with Gasteiger partial charge in [-0.15, -0.1) is 0 Å². The highest BCUT2D eigenvalue weighted by Crippen LogP contribution is 2.28. The molecule has 1 aromatic heterocycles. The van der Waals surface area contributed by atoms with Crippen molar-refractivity contribution in [2.75, 3.05) is 0 Å². The summed E-state index contributed by atoms with van der Waals surface area (Å²) in [5, 5.41) is 7.90. The Morgan fingerprint density at radius 3 is 2.38 bits per heavy atom. The predicted molar refractivity (Wildman–Crippen MR) is 135 cm³/mol. The van der Waals surface area contributed by atoms with E-state index in [1.165, 1.54) is 13.1 Å². The van der Waals surface area contributed by atoms with E-state index < -0.39 is 53.3 Å². The van der Waals surface area contributed by atoms with Gasteiger partial charge in [-0.1, -0.05) is 49.4 Å². The number of imide groups is 1. The molecule has 2 aromatic rings. The van der Waals surface area contributed by atoms with Crippen LogP contribution in [0.5, 0.6) is 0 Å². The van der Waals surface area contributed by atoms with Crippen LogP contribution < -0.4 is 16.0 Å². The van der Waals surface area contributed by atoms with Crippen LogP contribution >= 0.6 is 0 Å². The van der Waals surface area contributed by atoms with Crippen LogP contribution in [0.1, 0.15) is 61.1 Å². The molecule has 2 aliphatic rings. The maximum Gasteiger partial charge on any atom is 0.270 e. The molecular weight excluding hydrogens is 472 g/mol. The van der Waals surface area contributed by atoms with Crippen molar-refractivity contribution in [3.63, 3.8) is 0 Å². The van der Waals surface area contributed by atoms with E-state index in [0.29, 0.717) is 6.42 Å². The van der Waals surface area contributed by atoms with E-state index in [-0.39, 0.29) is 12.1 Å². The van der Waals surface area contributed by atoms with Crippen molar-refractivity contribution in [3.05, 3.63) is 77.6 Å². The molecular formula is C28H30N4O5. The van der Waals surface area contributed by atoms with Crippen molar-refractivity contribution in [1.82, 2.24) is 20.9 Å². The molecule has 1 saturated heterocycles. The first kappa shape index (κ1) is 25.9. The van der Waals surface area contributed by atoms with E-state index >= 15 is 0 Å². The lowest BCUT2D eigenvalue weighted by Gasteiger charge is -2.27. The minimum Gasteiger partial charge on any atom is -0.343 e. The first-order chi connectivity index (χ1) is 17.8. The van der Waals surface area contributed by atoms with Crippen molar-refractivity contribution in [2.45, 2.75) is 51.1 Å². The van der Waals surface area contributed by atoms with E-state index in [1.807, 2.05) is 24.3 Å². The van der Waals surface area contributed by atoms with Gasteiger partial charge >= 0.3 is 0 Å². The van der Waals surface area contributed by atoms with Gasteiger partial charge in [0.25, 0.3) is 5.91 Å². The van der Waals surface area contributed by atoms with Gasteiger partial charge in [-0.05, 0) is 49.0 Å². The minimum absolute atomic E-state index is 0.134. The Balaban J connectivity index is 1.55. The zero-order chi connectivity index (χ0) is 26.4. The van der Waals surface area contributed by atoms with Crippen LogP contribution in [-0.4, -0.2) is 40.4 Å². The van der Waals surface area contributed by atoms with Gasteiger partial charge in [-0.3, -0.25) is 34.3 Å². The van der Waals surface area contributed by atoms with Crippen LogP contribution in [0, 0.1) is 11.8 Å². The number of nitrogens with one attached hydrogen (secondary N) is 3. The largest absolute Gasteiger partial charge is 0.343 e. The number of benzene rings is 1. The molecule has 4 atom stereocenters. The predicted octanol–water partition coefficient (Wildman–Crippen LogP) is 2.41. The number of carbonyl (C=O) groups is 5. The van der Waals surface area contributed by atoms with Gasteiger partial charge in [-0.25, -0.2) is 0 Å². The number of rotatable bonds is 9. The third kappa shape index (κ3) is 6.17. The van der Waals surface area contributed by atoms with E-state index in [0.717, 1.165) is 30.4 Å². The number of hydrogen-bond donors (Lipinski definition) is 3. The van der Waals surface area contributed by atoms with Gasteiger partial charge in [0, 0.05) is 6.20 Å². The maximum absolute atomic E-state index is 13.5. The fourth-order valence-electron chi connectivity index (χ4n) is 4.79. The molecule has 4 rings (SSSR count). The Hall–Kier alpha value is -4.14. The quantitative estimate of drug-likeness (QED) is 0.274. The third-order valence-corrected chi connectivity index (χ3v) is 6.83. The number of amides is 4. The summed E-state index contributed by atoms with van der Waals surface area (Å²) in [6.45, 7) is 1.54. The second kappa shape index (κ2) is 11.7. The summed E-state index contributed by atoms with van der Waals surface area (Å²) in [6, 6.07) is 12.4. The van der Waals surface area contributed by atoms with Crippen LogP contribution in [0.2, 0.25) is 0 Å². The standard InChI is InChI=1S/C28H30N4O5/c1-17-23(28(37)32-26(17)35)25(34)24(19-12-6-3-7-13-19)31-22(33)16-21(18-10-4-2-5-11-18)30-27(36)20-14-8-9-15-29-20/h2,4-5,8-12,14-15,17,21,23-24H,3,6-7,13,16H2,1H3,(H,30,36)(H,31,33)(H,32,35,37)/t17-,21-,23+,24?/m0/s1. The molecule has 0 radical (unpaired) electrons. The number of Topliss-reactive ketones (excluding diaryl/α,β-unsaturated/α-hetero) is 1. The summed E-state index contributed by atoms with van der Waals surface area (Å²) in [5.74, 6) is -4.48. The molecule has 1 aliphatic carbocycles. The molecule has 0 bridgehead atoms. The number of ketones is 1. The number of carbonyl (C=O) groups excluding carboxylic acids is 5. The van der Waals surface area contributed by atoms with Crippen molar-refractivity contribution >= 4 is 29.4 Å². The van der Waals surface area contributed by atoms with Crippen molar-refractivity contribution in [1.29, 1.82) is 0 Å². The summed E-state index contributed by atoms with van der Waals surface area (Å²) in [6.07, 6.45) is 6.54. The Bertz CT molecular complexity index is 1210. The fraction of sp³-hybridized carbons (Fsp3) is 0.357. The average Bonchev–Trinajstić information content (AvgIpc) is 3.18. The van der Waals surface area contributed by atoms with Gasteiger partial charge in [-0.2, -0.15) is 0 Å². The molecule has 0 spiro atoms. The topological polar surface area (TPSA) is 134 Å². The number of hydrogen-bond acceptors (Lipinski definition) is 6. The molecule has 2 heterocycles. The lowest BCUT2D eigenvalue weighted by molar-refractivity contribution is -0.135. The van der Waals surface area contributed by atoms with Gasteiger partial charge in [0.15, 0.2) is 5.78 Å². The molecule has 9 nitrogen and oxygen atoms in total. The highest BCUT2D eigenvalue weighted by atomic mass is 16.2. The highest BCUT2D eigenvalue weighted by Gasteiger charge is 2.46. The second-order valence-electron chi connectivity index (χ2n) is 9.40. The second-order valence-corrected chi connectivity index (χ2v) is 9.40. The molecule has 1 aliphatic heterocycles. The summed E-state index contributed by atoms with van der Waals surface area (Å²) < 4.78 is 0. The minimum atomic E-state index is -1.16. The fourth-order valence-corrected chi connectivity index (χ4v) is 4.79. The average molecular weight is 503 g/mol. The summed E-state index contributed by atoms with van der Waals surface area (Å²) in [4.78, 5) is 68.1. The smallest absolute Gasteiger partial charge is 0.270 e. The summed E-state index contributed by atoms with van der Waals surface area (Å²) in [7, 11) is 0. The zero-order valence-corrected chi connectivity index (χ0v) is 20.6. The SMILES string of the molecule is C[C@@H]1C(=O)NC(=O)[C@H]1C(=O)C(NC(=O)C[C@H](NC(=O)c1ccccn1)c1ccccc1)C1=CCCCC1. The monoisotopic (exact) mass is 502 g/mol. The Morgan fingerprint density at radius 1 is 1.00 bits per heavy atom. The van der Waals surface area contributed by atoms with Crippen LogP contribution in [-0.2, 0) is 19.2 Å². The lowest BCUT2D eigenvalue weighted by Crippen LogP contribution is -2.48. The van der Waals surface area contributed by atoms with Crippen molar-refractivity contribution in [3.8, 4) is 0 Å². The molecule has 4 amide bonds. The number of nitrogens with zero attached hydrogens (tertiary/aromatic N) is 1. The number of allylic oxidation sites excluding steroid dienone is 1. The molecule has 192 valence electrons. The molecule has 1 unspecified atom stereocenters. The van der Waals surface area contributed by atoms with Crippen LogP contribution in [0.15, 0.2) is 66.4 Å². The van der Waals surface area contributed by atoms with E-state index in [4.69, 9.17) is 0 Å². The normalized spacial score (nSPS) is 20.8. The van der Waals surface area contributed by atoms with E-state index in [9.17, 15) is 24.0 Å². The summed E-state index contributed by atoms with van der Waals surface area (Å²) >= 11 is 0. The van der Waals surface area contributed by atoms with Gasteiger partial charge < -0.3 is 10.6 Å². The van der Waals surface area contributed by atoms with E-state index in [1.54, 1.807) is 30.3 Å². The molecule has 3 N–H and O–H groups in total. The van der Waals surface area contributed by atoms with Gasteiger partial charge in [0.05, 0.1) is 18.4 Å². The Labute approximate surface area is 215 Å². The third-order valence-electron chi connectivity index (χ3n) is 6.83. The first-order valence-electron chi connectivity index (χ1n) is 12.5. The molecule has 37 heavy (non-hydrogen) atoms. The Morgan fingerprint density at radius 2 is 1.76 bits per heavy atom. The Kier molecular flexibility index (Phi) is 8.22. The van der Waals surface area contributed by atoms with Gasteiger partial charge in [0.2, 0.25) is 17.7 Å². The zero-order valence-electron chi connectivity index (χ0n) is 20.6. The van der Waals surface area contributed by atoms with Gasteiger partial charge in [0.1, 0.15) is 17.7 Å². The van der Waals surface area contributed by atoms with Crippen LogP contribution in [0.25, 0.3) is 0 Å². The van der Waals surface area contributed by atoms with Crippen LogP contribution in [0.4, 0.5) is 0 Å². The molecule has 1 fully saturated rings. The first-order valence-corrected chi connectivity index (χ1v) is 12.5. The number of pyridine rings is 1. The van der Waals surface area contributed by atoms with Crippen molar-refractivity contribution < 1.29 is 24.0 Å². The maximum atomic E-state index is 13.5. The molecule has 1 aromatic carbocycles.